The summed E-state index contributed by atoms with van der Waals surface area (Å²) in [6.07, 6.45) is 0.659. The normalized spacial score (nSPS) is 13.9. The summed E-state index contributed by atoms with van der Waals surface area (Å²) in [5.74, 6) is 1.56. The van der Waals surface area contributed by atoms with E-state index in [2.05, 4.69) is 37.2 Å². The lowest BCUT2D eigenvalue weighted by Gasteiger charge is -2.28. The molecule has 110 valence electrons. The number of aryl methyl sites for hydroxylation is 1. The van der Waals surface area contributed by atoms with E-state index in [0.29, 0.717) is 23.7 Å². The van der Waals surface area contributed by atoms with Crippen molar-refractivity contribution in [3.05, 3.63) is 29.8 Å². The third kappa shape index (κ3) is 2.98. The number of alkyl halides is 1. The number of hydrogen-bond donors (Lipinski definition) is 0. The van der Waals surface area contributed by atoms with Gasteiger partial charge in [0, 0.05) is 18.8 Å². The zero-order chi connectivity index (χ0) is 14.9. The molecule has 0 amide bonds. The summed E-state index contributed by atoms with van der Waals surface area (Å²) in [7, 11) is 0. The lowest BCUT2D eigenvalue weighted by molar-refractivity contribution is 0.233. The Kier molecular flexibility index (Phi) is 4.38. The fraction of sp³-hybridized carbons (Fsp3) is 0.562. The van der Waals surface area contributed by atoms with Gasteiger partial charge in [-0.25, -0.2) is 9.37 Å². The molecule has 0 bridgehead atoms. The van der Waals surface area contributed by atoms with Crippen molar-refractivity contribution in [1.82, 2.24) is 9.55 Å². The second kappa shape index (κ2) is 5.72. The minimum atomic E-state index is -0.263. The number of imidazole rings is 1. The van der Waals surface area contributed by atoms with Gasteiger partial charge in [-0.3, -0.25) is 0 Å². The van der Waals surface area contributed by atoms with Crippen molar-refractivity contribution < 1.29 is 4.39 Å². The second-order valence-corrected chi connectivity index (χ2v) is 6.83. The van der Waals surface area contributed by atoms with Crippen molar-refractivity contribution in [2.24, 2.45) is 11.3 Å². The molecule has 2 aromatic rings. The molecule has 2 rings (SSSR count). The number of hydrogen-bond acceptors (Lipinski definition) is 1. The summed E-state index contributed by atoms with van der Waals surface area (Å²) >= 11 is 5.85. The molecular weight excluding hydrogens is 275 g/mol. The number of nitrogens with zero attached hydrogens (tertiary/aromatic N) is 2. The van der Waals surface area contributed by atoms with Gasteiger partial charge in [-0.05, 0) is 23.5 Å². The van der Waals surface area contributed by atoms with E-state index in [-0.39, 0.29) is 11.2 Å². The second-order valence-electron chi connectivity index (χ2n) is 6.45. The Hall–Kier alpha value is -1.09. The van der Waals surface area contributed by atoms with Crippen LogP contribution in [0.15, 0.2) is 18.2 Å². The predicted molar refractivity (Wildman–Crippen MR) is 82.7 cm³/mol. The van der Waals surface area contributed by atoms with Crippen LogP contribution >= 0.6 is 11.6 Å². The Bertz CT molecular complexity index is 598. The van der Waals surface area contributed by atoms with Crippen LogP contribution in [0.1, 0.15) is 33.5 Å². The van der Waals surface area contributed by atoms with Gasteiger partial charge in [0.05, 0.1) is 5.52 Å². The SMILES string of the molecule is CC(Cn1c(CCCl)nc2c(F)cccc21)C(C)(C)C. The van der Waals surface area contributed by atoms with E-state index < -0.39 is 0 Å². The van der Waals surface area contributed by atoms with Crippen molar-refractivity contribution in [2.75, 3.05) is 5.88 Å². The monoisotopic (exact) mass is 296 g/mol. The quantitative estimate of drug-likeness (QED) is 0.752. The van der Waals surface area contributed by atoms with Gasteiger partial charge in [0.1, 0.15) is 11.3 Å². The third-order valence-electron chi connectivity index (χ3n) is 4.06. The zero-order valence-electron chi connectivity index (χ0n) is 12.6. The molecule has 2 nitrogen and oxygen atoms in total. The average Bonchev–Trinajstić information content (AvgIpc) is 2.69. The van der Waals surface area contributed by atoms with Crippen LogP contribution in [0.25, 0.3) is 11.0 Å². The fourth-order valence-electron chi connectivity index (χ4n) is 2.19. The van der Waals surface area contributed by atoms with Crippen molar-refractivity contribution in [1.29, 1.82) is 0 Å². The molecule has 1 aromatic heterocycles. The van der Waals surface area contributed by atoms with Crippen molar-refractivity contribution in [2.45, 2.75) is 40.7 Å². The first-order valence-electron chi connectivity index (χ1n) is 7.04. The van der Waals surface area contributed by atoms with Crippen molar-refractivity contribution >= 4 is 22.6 Å². The highest BCUT2D eigenvalue weighted by Crippen LogP contribution is 2.29. The Labute approximate surface area is 125 Å². The van der Waals surface area contributed by atoms with Crippen LogP contribution in [0.2, 0.25) is 0 Å². The van der Waals surface area contributed by atoms with E-state index in [9.17, 15) is 4.39 Å². The maximum atomic E-state index is 13.9. The van der Waals surface area contributed by atoms with E-state index >= 15 is 0 Å². The number of rotatable bonds is 4. The fourth-order valence-corrected chi connectivity index (χ4v) is 2.36. The third-order valence-corrected chi connectivity index (χ3v) is 4.25. The smallest absolute Gasteiger partial charge is 0.151 e. The van der Waals surface area contributed by atoms with Crippen LogP contribution in [0.3, 0.4) is 0 Å². The van der Waals surface area contributed by atoms with Gasteiger partial charge in [-0.15, -0.1) is 11.6 Å². The van der Waals surface area contributed by atoms with Crippen molar-refractivity contribution in [3.8, 4) is 0 Å². The Morgan fingerprint density at radius 3 is 2.65 bits per heavy atom. The first-order chi connectivity index (χ1) is 9.34. The minimum absolute atomic E-state index is 0.197. The summed E-state index contributed by atoms with van der Waals surface area (Å²) < 4.78 is 16.0. The molecule has 0 saturated heterocycles. The molecule has 1 unspecified atom stereocenters. The molecule has 0 spiro atoms. The molecule has 0 N–H and O–H groups in total. The summed E-state index contributed by atoms with van der Waals surface area (Å²) in [6, 6.07) is 5.12. The summed E-state index contributed by atoms with van der Waals surface area (Å²) in [6.45, 7) is 9.71. The van der Waals surface area contributed by atoms with E-state index in [4.69, 9.17) is 11.6 Å². The van der Waals surface area contributed by atoms with Gasteiger partial charge in [-0.1, -0.05) is 33.8 Å². The largest absolute Gasteiger partial charge is 0.328 e. The van der Waals surface area contributed by atoms with Gasteiger partial charge in [0.2, 0.25) is 0 Å². The Balaban J connectivity index is 2.49. The van der Waals surface area contributed by atoms with Crippen LogP contribution < -0.4 is 0 Å². The number of benzene rings is 1. The van der Waals surface area contributed by atoms with Gasteiger partial charge in [0.15, 0.2) is 5.82 Å². The number of aromatic nitrogens is 2. The molecule has 4 heteroatoms. The lowest BCUT2D eigenvalue weighted by Crippen LogP contribution is -2.23. The molecule has 20 heavy (non-hydrogen) atoms. The molecule has 1 atom stereocenters. The summed E-state index contributed by atoms with van der Waals surface area (Å²) in [5, 5.41) is 0. The molecule has 0 aliphatic rings. The highest BCUT2D eigenvalue weighted by Gasteiger charge is 2.23. The maximum absolute atomic E-state index is 13.9. The van der Waals surface area contributed by atoms with Gasteiger partial charge in [-0.2, -0.15) is 0 Å². The number of halogens is 2. The molecule has 0 saturated carbocycles. The first-order valence-corrected chi connectivity index (χ1v) is 7.57. The highest BCUT2D eigenvalue weighted by molar-refractivity contribution is 6.17. The molecule has 0 fully saturated rings. The maximum Gasteiger partial charge on any atom is 0.151 e. The van der Waals surface area contributed by atoms with E-state index in [1.54, 1.807) is 6.07 Å². The highest BCUT2D eigenvalue weighted by atomic mass is 35.5. The Morgan fingerprint density at radius 2 is 2.05 bits per heavy atom. The van der Waals surface area contributed by atoms with E-state index in [1.807, 2.05) is 6.07 Å². The number of para-hydroxylation sites is 1. The van der Waals surface area contributed by atoms with Crippen molar-refractivity contribution in [3.63, 3.8) is 0 Å². The van der Waals surface area contributed by atoms with Gasteiger partial charge < -0.3 is 4.57 Å². The molecule has 0 aliphatic carbocycles. The predicted octanol–water partition coefficient (Wildman–Crippen LogP) is 4.64. The van der Waals surface area contributed by atoms with E-state index in [0.717, 1.165) is 17.9 Å². The molecule has 1 aromatic carbocycles. The average molecular weight is 297 g/mol. The van der Waals surface area contributed by atoms with Crippen LogP contribution in [0, 0.1) is 17.2 Å². The summed E-state index contributed by atoms with van der Waals surface area (Å²) in [5.41, 5.74) is 1.51. The molecule has 1 heterocycles. The Morgan fingerprint density at radius 1 is 1.35 bits per heavy atom. The summed E-state index contributed by atoms with van der Waals surface area (Å²) in [4.78, 5) is 4.44. The lowest BCUT2D eigenvalue weighted by atomic mass is 9.82. The minimum Gasteiger partial charge on any atom is -0.328 e. The molecule has 0 radical (unpaired) electrons. The standard InChI is InChI=1S/C16H22ClFN2/c1-11(16(2,3)4)10-20-13-7-5-6-12(18)15(13)19-14(20)8-9-17/h5-7,11H,8-10H2,1-4H3. The zero-order valence-corrected chi connectivity index (χ0v) is 13.3. The van der Waals surface area contributed by atoms with Crippen LogP contribution in [-0.4, -0.2) is 15.4 Å². The van der Waals surface area contributed by atoms with Crippen LogP contribution in [-0.2, 0) is 13.0 Å². The van der Waals surface area contributed by atoms with E-state index in [1.165, 1.54) is 6.07 Å². The van der Waals surface area contributed by atoms with Gasteiger partial charge in [0.25, 0.3) is 0 Å². The molecular formula is C16H22ClFN2. The number of fused-ring (bicyclic) bond motifs is 1. The van der Waals surface area contributed by atoms with Crippen LogP contribution in [0.4, 0.5) is 4.39 Å². The first kappa shape index (κ1) is 15.3. The molecule has 0 aliphatic heterocycles. The van der Waals surface area contributed by atoms with Gasteiger partial charge >= 0.3 is 0 Å². The van der Waals surface area contributed by atoms with Crippen LogP contribution in [0.5, 0.6) is 0 Å². The topological polar surface area (TPSA) is 17.8 Å².